The molecule has 0 atom stereocenters. The van der Waals surface area contributed by atoms with Crippen LogP contribution in [-0.2, 0) is 23.0 Å². The number of benzene rings is 1. The molecule has 5 heteroatoms. The molecule has 0 unspecified atom stereocenters. The molecule has 1 aromatic heterocycles. The van der Waals surface area contributed by atoms with Crippen LogP contribution in [-0.4, -0.2) is 30.0 Å². The summed E-state index contributed by atoms with van der Waals surface area (Å²) in [4.78, 5) is 11.3. The summed E-state index contributed by atoms with van der Waals surface area (Å²) in [7, 11) is 4.82. The fourth-order valence-electron chi connectivity index (χ4n) is 1.78. The molecule has 0 aliphatic rings. The van der Waals surface area contributed by atoms with E-state index in [9.17, 15) is 4.79 Å². The summed E-state index contributed by atoms with van der Waals surface area (Å²) in [5.41, 5.74) is 1.66. The van der Waals surface area contributed by atoms with Gasteiger partial charge in [0.2, 0.25) is 0 Å². The first-order valence-corrected chi connectivity index (χ1v) is 5.22. The molecule has 0 N–H and O–H groups in total. The van der Waals surface area contributed by atoms with Gasteiger partial charge in [-0.15, -0.1) is 0 Å². The van der Waals surface area contributed by atoms with Gasteiger partial charge in [-0.2, -0.15) is 5.10 Å². The van der Waals surface area contributed by atoms with Gasteiger partial charge in [-0.1, -0.05) is 0 Å². The molecule has 0 saturated carbocycles. The van der Waals surface area contributed by atoms with Crippen molar-refractivity contribution in [3.05, 3.63) is 23.9 Å². The number of aromatic nitrogens is 2. The highest BCUT2D eigenvalue weighted by Crippen LogP contribution is 2.23. The molecule has 0 spiro atoms. The Balaban J connectivity index is 2.51. The van der Waals surface area contributed by atoms with Crippen molar-refractivity contribution in [2.45, 2.75) is 6.42 Å². The molecular formula is C12H14N2O3. The summed E-state index contributed by atoms with van der Waals surface area (Å²) in [6, 6.07) is 5.66. The lowest BCUT2D eigenvalue weighted by molar-refractivity contribution is -0.139. The monoisotopic (exact) mass is 234 g/mol. The molecular weight excluding hydrogens is 220 g/mol. The van der Waals surface area contributed by atoms with Crippen molar-refractivity contribution >= 4 is 16.9 Å². The SMILES string of the molecule is COC(=O)Cc1nn(C)c2ccc(OC)cc12. The van der Waals surface area contributed by atoms with Gasteiger partial charge in [0.25, 0.3) is 0 Å². The maximum Gasteiger partial charge on any atom is 0.311 e. The van der Waals surface area contributed by atoms with Gasteiger partial charge in [-0.05, 0) is 18.2 Å². The fourth-order valence-corrected chi connectivity index (χ4v) is 1.78. The molecule has 2 rings (SSSR count). The molecule has 2 aromatic rings. The van der Waals surface area contributed by atoms with Gasteiger partial charge in [0.15, 0.2) is 0 Å². The summed E-state index contributed by atoms with van der Waals surface area (Å²) in [5, 5.41) is 5.23. The van der Waals surface area contributed by atoms with Gasteiger partial charge >= 0.3 is 5.97 Å². The molecule has 0 bridgehead atoms. The van der Waals surface area contributed by atoms with Crippen molar-refractivity contribution in [1.29, 1.82) is 0 Å². The summed E-state index contributed by atoms with van der Waals surface area (Å²) >= 11 is 0. The Kier molecular flexibility index (Phi) is 2.99. The molecule has 0 amide bonds. The normalized spacial score (nSPS) is 10.5. The lowest BCUT2D eigenvalue weighted by Crippen LogP contribution is -2.05. The third-order valence-corrected chi connectivity index (χ3v) is 2.67. The zero-order valence-electron chi connectivity index (χ0n) is 10.1. The van der Waals surface area contributed by atoms with E-state index in [0.29, 0.717) is 5.69 Å². The number of hydrogen-bond donors (Lipinski definition) is 0. The van der Waals surface area contributed by atoms with Gasteiger partial charge in [0, 0.05) is 12.4 Å². The molecule has 0 radical (unpaired) electrons. The largest absolute Gasteiger partial charge is 0.497 e. The number of rotatable bonds is 3. The van der Waals surface area contributed by atoms with Crippen molar-refractivity contribution in [3.63, 3.8) is 0 Å². The number of carbonyl (C=O) groups is 1. The third-order valence-electron chi connectivity index (χ3n) is 2.67. The van der Waals surface area contributed by atoms with E-state index in [1.54, 1.807) is 11.8 Å². The van der Waals surface area contributed by atoms with Crippen molar-refractivity contribution in [1.82, 2.24) is 9.78 Å². The zero-order chi connectivity index (χ0) is 12.4. The van der Waals surface area contributed by atoms with Crippen LogP contribution in [0, 0.1) is 0 Å². The standard InChI is InChI=1S/C12H14N2O3/c1-14-11-5-4-8(16-2)6-9(11)10(13-14)7-12(15)17-3/h4-6H,7H2,1-3H3. The van der Waals surface area contributed by atoms with Gasteiger partial charge in [-0.3, -0.25) is 9.48 Å². The summed E-state index contributed by atoms with van der Waals surface area (Å²) in [5.74, 6) is 0.449. The highest BCUT2D eigenvalue weighted by molar-refractivity contribution is 5.87. The van der Waals surface area contributed by atoms with E-state index in [1.807, 2.05) is 25.2 Å². The Morgan fingerprint density at radius 3 is 2.82 bits per heavy atom. The smallest absolute Gasteiger partial charge is 0.311 e. The Hall–Kier alpha value is -2.04. The first-order valence-electron chi connectivity index (χ1n) is 5.22. The Morgan fingerprint density at radius 1 is 1.41 bits per heavy atom. The highest BCUT2D eigenvalue weighted by Gasteiger charge is 2.13. The lowest BCUT2D eigenvalue weighted by atomic mass is 10.1. The highest BCUT2D eigenvalue weighted by atomic mass is 16.5. The molecule has 1 heterocycles. The van der Waals surface area contributed by atoms with Crippen molar-refractivity contribution in [3.8, 4) is 5.75 Å². The van der Waals surface area contributed by atoms with E-state index in [1.165, 1.54) is 7.11 Å². The van der Waals surface area contributed by atoms with Crippen molar-refractivity contribution in [2.24, 2.45) is 7.05 Å². The minimum Gasteiger partial charge on any atom is -0.497 e. The average molecular weight is 234 g/mol. The molecule has 0 fully saturated rings. The topological polar surface area (TPSA) is 53.3 Å². The molecule has 90 valence electrons. The second-order valence-corrected chi connectivity index (χ2v) is 3.71. The van der Waals surface area contributed by atoms with E-state index in [-0.39, 0.29) is 12.4 Å². The number of fused-ring (bicyclic) bond motifs is 1. The van der Waals surface area contributed by atoms with Crippen molar-refractivity contribution in [2.75, 3.05) is 14.2 Å². The van der Waals surface area contributed by atoms with Crippen LogP contribution in [0.4, 0.5) is 0 Å². The van der Waals surface area contributed by atoms with Crippen LogP contribution in [0.1, 0.15) is 5.69 Å². The average Bonchev–Trinajstić information content (AvgIpc) is 2.65. The maximum atomic E-state index is 11.3. The van der Waals surface area contributed by atoms with Crippen LogP contribution < -0.4 is 4.74 Å². The van der Waals surface area contributed by atoms with Gasteiger partial charge in [0.1, 0.15) is 5.75 Å². The Bertz CT molecular complexity index is 560. The minimum atomic E-state index is -0.298. The second kappa shape index (κ2) is 4.45. The van der Waals surface area contributed by atoms with E-state index in [0.717, 1.165) is 16.7 Å². The number of methoxy groups -OCH3 is 2. The summed E-state index contributed by atoms with van der Waals surface area (Å²) in [6.07, 6.45) is 0.168. The second-order valence-electron chi connectivity index (χ2n) is 3.71. The first-order chi connectivity index (χ1) is 8.15. The number of esters is 1. The third kappa shape index (κ3) is 2.08. The number of carbonyl (C=O) groups excluding carboxylic acids is 1. The predicted molar refractivity (Wildman–Crippen MR) is 63.0 cm³/mol. The first kappa shape index (κ1) is 11.4. The quantitative estimate of drug-likeness (QED) is 0.751. The number of ether oxygens (including phenoxy) is 2. The molecule has 0 saturated heterocycles. The Morgan fingerprint density at radius 2 is 2.18 bits per heavy atom. The van der Waals surface area contributed by atoms with E-state index in [2.05, 4.69) is 9.84 Å². The lowest BCUT2D eigenvalue weighted by Gasteiger charge is -2.00. The molecule has 0 aliphatic heterocycles. The van der Waals surface area contributed by atoms with Crippen LogP contribution >= 0.6 is 0 Å². The van der Waals surface area contributed by atoms with E-state index >= 15 is 0 Å². The minimum absolute atomic E-state index is 0.168. The van der Waals surface area contributed by atoms with Crippen molar-refractivity contribution < 1.29 is 14.3 Å². The predicted octanol–water partition coefficient (Wildman–Crippen LogP) is 1.30. The summed E-state index contributed by atoms with van der Waals surface area (Å²) < 4.78 is 11.6. The maximum absolute atomic E-state index is 11.3. The number of hydrogen-bond acceptors (Lipinski definition) is 4. The molecule has 5 nitrogen and oxygen atoms in total. The van der Waals surface area contributed by atoms with Crippen LogP contribution in [0.2, 0.25) is 0 Å². The van der Waals surface area contributed by atoms with E-state index in [4.69, 9.17) is 4.74 Å². The van der Waals surface area contributed by atoms with Gasteiger partial charge in [0.05, 0.1) is 31.9 Å². The van der Waals surface area contributed by atoms with Crippen LogP contribution in [0.15, 0.2) is 18.2 Å². The number of nitrogens with zero attached hydrogens (tertiary/aromatic N) is 2. The van der Waals surface area contributed by atoms with Gasteiger partial charge < -0.3 is 9.47 Å². The summed E-state index contributed by atoms with van der Waals surface area (Å²) in [6.45, 7) is 0. The molecule has 0 aliphatic carbocycles. The van der Waals surface area contributed by atoms with Crippen LogP contribution in [0.5, 0.6) is 5.75 Å². The zero-order valence-corrected chi connectivity index (χ0v) is 10.1. The van der Waals surface area contributed by atoms with E-state index < -0.39 is 0 Å². The van der Waals surface area contributed by atoms with Crippen LogP contribution in [0.3, 0.4) is 0 Å². The molecule has 17 heavy (non-hydrogen) atoms. The molecule has 1 aromatic carbocycles. The van der Waals surface area contributed by atoms with Crippen LogP contribution in [0.25, 0.3) is 10.9 Å². The fraction of sp³-hybridized carbons (Fsp3) is 0.333. The number of aryl methyl sites for hydroxylation is 1. The van der Waals surface area contributed by atoms with Gasteiger partial charge in [-0.25, -0.2) is 0 Å². The Labute approximate surface area is 98.9 Å².